The summed E-state index contributed by atoms with van der Waals surface area (Å²) in [7, 11) is 0. The molecule has 0 aromatic heterocycles. The van der Waals surface area contributed by atoms with Crippen molar-refractivity contribution in [3.05, 3.63) is 0 Å². The summed E-state index contributed by atoms with van der Waals surface area (Å²) < 4.78 is 0. The molecule has 0 rings (SSSR count). The van der Waals surface area contributed by atoms with Crippen LogP contribution in [0.2, 0.25) is 0 Å². The molecule has 0 spiro atoms. The fourth-order valence-corrected chi connectivity index (χ4v) is 1.01. The summed E-state index contributed by atoms with van der Waals surface area (Å²) >= 11 is 0. The first kappa shape index (κ1) is 10.4. The molecule has 0 saturated heterocycles. The minimum atomic E-state index is -0.909. The van der Waals surface area contributed by atoms with E-state index in [1.54, 1.807) is 0 Å². The number of hydrogen-bond acceptors (Lipinski definition) is 2. The highest BCUT2D eigenvalue weighted by Crippen LogP contribution is 2.15. The van der Waals surface area contributed by atoms with Gasteiger partial charge in [0, 0.05) is 0 Å². The molecule has 0 aromatic carbocycles. The lowest BCUT2D eigenvalue weighted by Gasteiger charge is -2.16. The van der Waals surface area contributed by atoms with Crippen LogP contribution in [-0.2, 0) is 4.79 Å². The quantitative estimate of drug-likeness (QED) is 0.647. The number of aliphatic hydroxyl groups excluding tert-OH is 1. The van der Waals surface area contributed by atoms with E-state index in [1.807, 2.05) is 13.8 Å². The molecule has 0 radical (unpaired) electrons. The largest absolute Gasteiger partial charge is 0.481 e. The van der Waals surface area contributed by atoms with Gasteiger partial charge in [-0.1, -0.05) is 13.8 Å². The number of hydrogen-bond donors (Lipinski definition) is 2. The maximum absolute atomic E-state index is 10.5. The molecule has 0 aliphatic rings. The SMILES string of the molecule is CC(C)C[C@H](C(=O)O)[C@@H](C)O. The van der Waals surface area contributed by atoms with Crippen molar-refractivity contribution in [3.8, 4) is 0 Å². The Morgan fingerprint density at radius 3 is 1.91 bits per heavy atom. The van der Waals surface area contributed by atoms with E-state index in [1.165, 1.54) is 6.92 Å². The van der Waals surface area contributed by atoms with Gasteiger partial charge in [-0.3, -0.25) is 4.79 Å². The van der Waals surface area contributed by atoms with Crippen molar-refractivity contribution >= 4 is 5.97 Å². The molecule has 0 aromatic rings. The van der Waals surface area contributed by atoms with Crippen LogP contribution >= 0.6 is 0 Å². The predicted octanol–water partition coefficient (Wildman–Crippen LogP) is 1.11. The van der Waals surface area contributed by atoms with Crippen LogP contribution in [0.25, 0.3) is 0 Å². The maximum Gasteiger partial charge on any atom is 0.309 e. The number of carbonyl (C=O) groups is 1. The molecule has 2 N–H and O–H groups in total. The molecule has 2 atom stereocenters. The van der Waals surface area contributed by atoms with E-state index in [9.17, 15) is 4.79 Å². The summed E-state index contributed by atoms with van der Waals surface area (Å²) in [6.45, 7) is 5.40. The second kappa shape index (κ2) is 4.34. The van der Waals surface area contributed by atoms with E-state index >= 15 is 0 Å². The van der Waals surface area contributed by atoms with Gasteiger partial charge in [-0.25, -0.2) is 0 Å². The van der Waals surface area contributed by atoms with E-state index in [4.69, 9.17) is 10.2 Å². The molecule has 66 valence electrons. The zero-order valence-electron chi connectivity index (χ0n) is 7.24. The average Bonchev–Trinajstić information content (AvgIpc) is 1.81. The van der Waals surface area contributed by atoms with Gasteiger partial charge in [0.15, 0.2) is 0 Å². The standard InChI is InChI=1S/C8H16O3/c1-5(2)4-7(6(3)9)8(10)11/h5-7,9H,4H2,1-3H3,(H,10,11)/t6-,7+/m1/s1. The first-order valence-corrected chi connectivity index (χ1v) is 3.86. The number of aliphatic carboxylic acids is 1. The van der Waals surface area contributed by atoms with E-state index in [2.05, 4.69) is 0 Å². The van der Waals surface area contributed by atoms with Gasteiger partial charge in [-0.05, 0) is 19.3 Å². The Morgan fingerprint density at radius 2 is 1.82 bits per heavy atom. The Bertz CT molecular complexity index is 129. The van der Waals surface area contributed by atoms with E-state index in [-0.39, 0.29) is 0 Å². The van der Waals surface area contributed by atoms with Gasteiger partial charge in [-0.15, -0.1) is 0 Å². The fourth-order valence-electron chi connectivity index (χ4n) is 1.01. The zero-order valence-corrected chi connectivity index (χ0v) is 7.24. The molecule has 0 fully saturated rings. The predicted molar refractivity (Wildman–Crippen MR) is 42.3 cm³/mol. The van der Waals surface area contributed by atoms with Crippen molar-refractivity contribution in [1.82, 2.24) is 0 Å². The molecular formula is C8H16O3. The van der Waals surface area contributed by atoms with Crippen LogP contribution in [0.15, 0.2) is 0 Å². The molecule has 0 aliphatic heterocycles. The van der Waals surface area contributed by atoms with Gasteiger partial charge in [-0.2, -0.15) is 0 Å². The minimum Gasteiger partial charge on any atom is -0.481 e. The Labute approximate surface area is 67.0 Å². The van der Waals surface area contributed by atoms with Gasteiger partial charge in [0.2, 0.25) is 0 Å². The van der Waals surface area contributed by atoms with Crippen LogP contribution in [0, 0.1) is 11.8 Å². The summed E-state index contributed by atoms with van der Waals surface area (Å²) in [6.07, 6.45) is -0.220. The highest BCUT2D eigenvalue weighted by atomic mass is 16.4. The Balaban J connectivity index is 4.01. The normalized spacial score (nSPS) is 16.5. The molecule has 0 bridgehead atoms. The molecule has 0 aliphatic carbocycles. The summed E-state index contributed by atoms with van der Waals surface area (Å²) in [6, 6.07) is 0. The first-order valence-electron chi connectivity index (χ1n) is 3.86. The third-order valence-corrected chi connectivity index (χ3v) is 1.62. The number of carboxylic acids is 1. The van der Waals surface area contributed by atoms with Crippen LogP contribution in [0.3, 0.4) is 0 Å². The molecule has 3 heteroatoms. The molecule has 0 saturated carbocycles. The second-order valence-electron chi connectivity index (χ2n) is 3.31. The average molecular weight is 160 g/mol. The first-order chi connectivity index (χ1) is 4.95. The topological polar surface area (TPSA) is 57.5 Å². The lowest BCUT2D eigenvalue weighted by Crippen LogP contribution is -2.26. The molecule has 11 heavy (non-hydrogen) atoms. The summed E-state index contributed by atoms with van der Waals surface area (Å²) in [4.78, 5) is 10.5. The van der Waals surface area contributed by atoms with Gasteiger partial charge in [0.1, 0.15) is 0 Å². The smallest absolute Gasteiger partial charge is 0.309 e. The van der Waals surface area contributed by atoms with E-state index in [0.29, 0.717) is 12.3 Å². The number of aliphatic hydroxyl groups is 1. The second-order valence-corrected chi connectivity index (χ2v) is 3.31. The monoisotopic (exact) mass is 160 g/mol. The molecule has 0 unspecified atom stereocenters. The van der Waals surface area contributed by atoms with Crippen LogP contribution in [0.1, 0.15) is 27.2 Å². The summed E-state index contributed by atoms with van der Waals surface area (Å²) in [5, 5.41) is 17.7. The number of rotatable bonds is 4. The van der Waals surface area contributed by atoms with Gasteiger partial charge in [0.25, 0.3) is 0 Å². The highest BCUT2D eigenvalue weighted by molar-refractivity contribution is 5.70. The summed E-state index contributed by atoms with van der Waals surface area (Å²) in [5.74, 6) is -1.21. The van der Waals surface area contributed by atoms with Crippen LogP contribution in [0.5, 0.6) is 0 Å². The van der Waals surface area contributed by atoms with Gasteiger partial charge >= 0.3 is 5.97 Å². The third kappa shape index (κ3) is 3.98. The van der Waals surface area contributed by atoms with Gasteiger partial charge in [0.05, 0.1) is 12.0 Å². The summed E-state index contributed by atoms with van der Waals surface area (Å²) in [5.41, 5.74) is 0. The van der Waals surface area contributed by atoms with Gasteiger partial charge < -0.3 is 10.2 Å². The lowest BCUT2D eigenvalue weighted by molar-refractivity contribution is -0.146. The highest BCUT2D eigenvalue weighted by Gasteiger charge is 2.23. The van der Waals surface area contributed by atoms with Crippen LogP contribution in [0.4, 0.5) is 0 Å². The van der Waals surface area contributed by atoms with Crippen molar-refractivity contribution in [2.75, 3.05) is 0 Å². The van der Waals surface area contributed by atoms with E-state index in [0.717, 1.165) is 0 Å². The zero-order chi connectivity index (χ0) is 9.02. The lowest BCUT2D eigenvalue weighted by atomic mass is 9.93. The fraction of sp³-hybridized carbons (Fsp3) is 0.875. The maximum atomic E-state index is 10.5. The minimum absolute atomic E-state index is 0.311. The van der Waals surface area contributed by atoms with Crippen molar-refractivity contribution in [3.63, 3.8) is 0 Å². The van der Waals surface area contributed by atoms with Crippen LogP contribution in [-0.4, -0.2) is 22.3 Å². The Hall–Kier alpha value is -0.570. The van der Waals surface area contributed by atoms with E-state index < -0.39 is 18.0 Å². The molecular weight excluding hydrogens is 144 g/mol. The van der Waals surface area contributed by atoms with Crippen LogP contribution < -0.4 is 0 Å². The van der Waals surface area contributed by atoms with Crippen molar-refractivity contribution in [2.45, 2.75) is 33.3 Å². The molecule has 0 heterocycles. The Morgan fingerprint density at radius 1 is 1.36 bits per heavy atom. The Kier molecular flexibility index (Phi) is 4.11. The number of carboxylic acid groups (broad SMARTS) is 1. The third-order valence-electron chi connectivity index (χ3n) is 1.62. The molecule has 0 amide bonds. The van der Waals surface area contributed by atoms with Crippen molar-refractivity contribution < 1.29 is 15.0 Å². The van der Waals surface area contributed by atoms with Crippen molar-refractivity contribution in [1.29, 1.82) is 0 Å². The molecule has 3 nitrogen and oxygen atoms in total. The van der Waals surface area contributed by atoms with Crippen molar-refractivity contribution in [2.24, 2.45) is 11.8 Å².